The minimum atomic E-state index is -0.609. The molecule has 1 aliphatic heterocycles. The molecule has 4 rings (SSSR count). The number of nitrogens with one attached hydrogen (secondary N) is 2. The van der Waals surface area contributed by atoms with Gasteiger partial charge in [0.1, 0.15) is 5.82 Å². The van der Waals surface area contributed by atoms with Crippen LogP contribution in [-0.2, 0) is 4.79 Å². The highest BCUT2D eigenvalue weighted by atomic mass is 127. The van der Waals surface area contributed by atoms with E-state index in [0.717, 1.165) is 5.70 Å². The fraction of sp³-hybridized carbons (Fsp3) is 0.348. The Hall–Kier alpha value is -2.27. The average molecular weight is 565 g/mol. The average Bonchev–Trinajstić information content (AvgIpc) is 2.71. The first-order chi connectivity index (χ1) is 15.1. The van der Waals surface area contributed by atoms with Crippen molar-refractivity contribution in [2.75, 3.05) is 18.2 Å². The lowest BCUT2D eigenvalue weighted by atomic mass is 9.69. The molecule has 1 unspecified atom stereocenters. The van der Waals surface area contributed by atoms with Crippen LogP contribution >= 0.6 is 34.4 Å². The molecule has 0 saturated heterocycles. The molecular weight excluding hydrogens is 541 g/mol. The summed E-state index contributed by atoms with van der Waals surface area (Å²) in [6.45, 7) is 7.83. The Morgan fingerprint density at radius 1 is 1.38 bits per heavy atom. The molecule has 7 nitrogen and oxygen atoms in total. The number of hydrogen-bond donors (Lipinski definition) is 3. The zero-order chi connectivity index (χ0) is 23.2. The minimum absolute atomic E-state index is 0.00552. The van der Waals surface area contributed by atoms with E-state index in [1.54, 1.807) is 18.2 Å². The number of anilines is 1. The fourth-order valence-corrected chi connectivity index (χ4v) is 5.57. The molecule has 0 bridgehead atoms. The Morgan fingerprint density at radius 3 is 2.81 bits per heavy atom. The molecule has 32 heavy (non-hydrogen) atoms. The molecule has 0 spiro atoms. The number of halogens is 1. The first kappa shape index (κ1) is 22.9. The molecule has 9 heteroatoms. The monoisotopic (exact) mass is 565 g/mol. The smallest absolute Gasteiger partial charge is 0.257 e. The van der Waals surface area contributed by atoms with Crippen LogP contribution in [0.5, 0.6) is 11.5 Å². The topological polar surface area (TPSA) is 104 Å². The number of benzene rings is 1. The van der Waals surface area contributed by atoms with Gasteiger partial charge in [-0.15, -0.1) is 6.58 Å². The number of aromatic amines is 1. The van der Waals surface area contributed by atoms with Crippen molar-refractivity contribution >= 4 is 46.0 Å². The number of nitrogens with zero attached hydrogens (tertiary/aromatic N) is 1. The molecule has 2 heterocycles. The van der Waals surface area contributed by atoms with Crippen LogP contribution in [0.2, 0.25) is 0 Å². The van der Waals surface area contributed by atoms with Crippen LogP contribution in [0, 0.1) is 8.99 Å². The predicted molar refractivity (Wildman–Crippen MR) is 134 cm³/mol. The number of aromatic nitrogens is 2. The third kappa shape index (κ3) is 4.07. The number of carbonyl (C=O) groups is 1. The molecule has 1 aliphatic carbocycles. The van der Waals surface area contributed by atoms with Gasteiger partial charge in [0.25, 0.3) is 5.56 Å². The quantitative estimate of drug-likeness (QED) is 0.211. The fourth-order valence-electron chi connectivity index (χ4n) is 4.35. The summed E-state index contributed by atoms with van der Waals surface area (Å²) in [6.07, 6.45) is 2.80. The predicted octanol–water partition coefficient (Wildman–Crippen LogP) is 4.57. The molecule has 3 N–H and O–H groups in total. The lowest BCUT2D eigenvalue weighted by molar-refractivity contribution is -0.118. The number of phenolic OH excluding ortho intramolecular Hbond substituents is 1. The van der Waals surface area contributed by atoms with E-state index in [-0.39, 0.29) is 22.5 Å². The van der Waals surface area contributed by atoms with Gasteiger partial charge in [-0.2, -0.15) is 0 Å². The van der Waals surface area contributed by atoms with E-state index < -0.39 is 5.92 Å². The van der Waals surface area contributed by atoms with Gasteiger partial charge in [0.2, 0.25) is 0 Å². The highest BCUT2D eigenvalue weighted by molar-refractivity contribution is 14.1. The van der Waals surface area contributed by atoms with Gasteiger partial charge in [-0.25, -0.2) is 4.98 Å². The van der Waals surface area contributed by atoms with Gasteiger partial charge >= 0.3 is 0 Å². The van der Waals surface area contributed by atoms with E-state index in [9.17, 15) is 14.7 Å². The molecule has 0 saturated carbocycles. The number of ether oxygens (including phenoxy) is 1. The Morgan fingerprint density at radius 2 is 2.12 bits per heavy atom. The van der Waals surface area contributed by atoms with E-state index >= 15 is 0 Å². The molecule has 0 radical (unpaired) electrons. The number of hydrogen-bond acceptors (Lipinski definition) is 7. The van der Waals surface area contributed by atoms with Crippen LogP contribution in [0.15, 0.2) is 46.0 Å². The van der Waals surface area contributed by atoms with Crippen LogP contribution in [0.25, 0.3) is 0 Å². The van der Waals surface area contributed by atoms with E-state index in [2.05, 4.69) is 35.7 Å². The summed E-state index contributed by atoms with van der Waals surface area (Å²) in [6, 6.07) is 3.48. The summed E-state index contributed by atoms with van der Waals surface area (Å²) in [4.78, 5) is 34.1. The summed E-state index contributed by atoms with van der Waals surface area (Å²) in [5, 5.41) is 14.1. The van der Waals surface area contributed by atoms with Gasteiger partial charge in [-0.05, 0) is 52.1 Å². The van der Waals surface area contributed by atoms with Gasteiger partial charge in [-0.3, -0.25) is 9.59 Å². The van der Waals surface area contributed by atoms with E-state index in [4.69, 9.17) is 4.74 Å². The molecule has 2 aliphatic rings. The highest BCUT2D eigenvalue weighted by Crippen LogP contribution is 2.49. The highest BCUT2D eigenvalue weighted by Gasteiger charge is 2.42. The number of rotatable bonds is 5. The number of phenols is 1. The summed E-state index contributed by atoms with van der Waals surface area (Å²) in [5.74, 6) is 0.780. The van der Waals surface area contributed by atoms with Crippen molar-refractivity contribution in [3.05, 3.63) is 61.1 Å². The lowest BCUT2D eigenvalue weighted by Crippen LogP contribution is -2.37. The Balaban J connectivity index is 1.97. The van der Waals surface area contributed by atoms with E-state index in [1.807, 2.05) is 22.6 Å². The molecule has 2 aromatic rings. The van der Waals surface area contributed by atoms with Crippen LogP contribution in [0.3, 0.4) is 0 Å². The maximum atomic E-state index is 13.3. The molecule has 1 aromatic heterocycles. The first-order valence-corrected chi connectivity index (χ1v) is 12.2. The Labute approximate surface area is 203 Å². The third-order valence-electron chi connectivity index (χ3n) is 5.64. The number of allylic oxidation sites excluding steroid dienone is 2. The third-order valence-corrected chi connectivity index (χ3v) is 7.33. The van der Waals surface area contributed by atoms with Crippen molar-refractivity contribution in [3.8, 4) is 11.5 Å². The van der Waals surface area contributed by atoms with Gasteiger partial charge in [0.15, 0.2) is 22.4 Å². The van der Waals surface area contributed by atoms with Crippen molar-refractivity contribution in [3.63, 3.8) is 0 Å². The van der Waals surface area contributed by atoms with Crippen molar-refractivity contribution in [1.29, 1.82) is 0 Å². The van der Waals surface area contributed by atoms with Crippen LogP contribution < -0.4 is 15.6 Å². The maximum Gasteiger partial charge on any atom is 0.257 e. The van der Waals surface area contributed by atoms with E-state index in [1.165, 1.54) is 18.9 Å². The van der Waals surface area contributed by atoms with Crippen LogP contribution in [0.1, 0.15) is 43.7 Å². The van der Waals surface area contributed by atoms with Gasteiger partial charge in [0.05, 0.1) is 16.2 Å². The van der Waals surface area contributed by atoms with Crippen molar-refractivity contribution < 1.29 is 14.6 Å². The molecule has 168 valence electrons. The largest absolute Gasteiger partial charge is 0.504 e. The summed E-state index contributed by atoms with van der Waals surface area (Å²) < 4.78 is 5.92. The normalized spacial score (nSPS) is 19.1. The Bertz CT molecular complexity index is 1220. The second kappa shape index (κ2) is 8.58. The second-order valence-corrected chi connectivity index (χ2v) is 10.8. The number of Topliss-reactive ketones (excluding diaryl/α,β-unsaturated/α-hetero) is 1. The molecular formula is C23H24IN3O4S. The van der Waals surface area contributed by atoms with Crippen molar-refractivity contribution in [2.24, 2.45) is 5.41 Å². The van der Waals surface area contributed by atoms with Crippen molar-refractivity contribution in [1.82, 2.24) is 9.97 Å². The van der Waals surface area contributed by atoms with Gasteiger partial charge < -0.3 is 20.1 Å². The first-order valence-electron chi connectivity index (χ1n) is 10.1. The molecule has 1 aromatic carbocycles. The Kier molecular flexibility index (Phi) is 6.15. The number of fused-ring (bicyclic) bond motifs is 1. The second-order valence-electron chi connectivity index (χ2n) is 8.68. The number of thioether (sulfide) groups is 1. The van der Waals surface area contributed by atoms with Crippen LogP contribution in [0.4, 0.5) is 5.82 Å². The van der Waals surface area contributed by atoms with Crippen molar-refractivity contribution in [2.45, 2.75) is 37.8 Å². The summed E-state index contributed by atoms with van der Waals surface area (Å²) in [7, 11) is 1.47. The maximum absolute atomic E-state index is 13.3. The molecule has 0 fully saturated rings. The number of methoxy groups -OCH3 is 1. The van der Waals surface area contributed by atoms with Gasteiger partial charge in [0, 0.05) is 29.4 Å². The number of ketones is 1. The summed E-state index contributed by atoms with van der Waals surface area (Å²) in [5.41, 5.74) is 1.97. The lowest BCUT2D eigenvalue weighted by Gasteiger charge is -2.38. The zero-order valence-electron chi connectivity index (χ0n) is 18.0. The zero-order valence-corrected chi connectivity index (χ0v) is 21.0. The molecule has 0 amide bonds. The summed E-state index contributed by atoms with van der Waals surface area (Å²) >= 11 is 3.40. The van der Waals surface area contributed by atoms with E-state index in [0.29, 0.717) is 55.6 Å². The number of H-pyrrole nitrogens is 1. The molecule has 1 atom stereocenters. The van der Waals surface area contributed by atoms with Crippen LogP contribution in [-0.4, -0.2) is 33.7 Å². The minimum Gasteiger partial charge on any atom is -0.504 e. The number of aromatic hydroxyl groups is 1. The number of carbonyl (C=O) groups excluding carboxylic acids is 1. The standard InChI is InChI=1S/C23H24IN3O4S/c1-5-6-32-22-26-20-18(21(30)27-22)16(11-7-12(24)19(29)15(8-11)31-4)17-13(25-20)9-23(2,3)10-14(17)28/h5,7-8,16,29H,1,6,9-10H2,2-4H3,(H2,25,26,27,30). The SMILES string of the molecule is C=CCSc1nc2c(c(=O)[nH]1)C(c1cc(I)c(O)c(OC)c1)C1=C(CC(C)(C)CC1=O)N2. The van der Waals surface area contributed by atoms with Gasteiger partial charge in [-0.1, -0.05) is 31.7 Å².